The number of amides is 2. The van der Waals surface area contributed by atoms with Crippen molar-refractivity contribution < 1.29 is 24.2 Å². The third kappa shape index (κ3) is 4.69. The van der Waals surface area contributed by atoms with E-state index in [1.54, 1.807) is 12.2 Å². The van der Waals surface area contributed by atoms with Crippen molar-refractivity contribution >= 4 is 18.0 Å². The SMILES string of the molecule is CCCC(C)(NC(=O)C1C=CC(NC(=O)OCC2c3ccccc3-c3ccccc32)C1)C(=O)O. The fourth-order valence-electron chi connectivity index (χ4n) is 4.88. The van der Waals surface area contributed by atoms with Crippen LogP contribution in [0, 0.1) is 5.92 Å². The van der Waals surface area contributed by atoms with Crippen LogP contribution in [-0.4, -0.2) is 41.3 Å². The van der Waals surface area contributed by atoms with Gasteiger partial charge in [0.15, 0.2) is 0 Å². The second-order valence-electron chi connectivity index (χ2n) is 9.18. The van der Waals surface area contributed by atoms with Gasteiger partial charge in [-0.15, -0.1) is 0 Å². The maximum absolute atomic E-state index is 12.6. The number of rotatable bonds is 8. The monoisotopic (exact) mass is 462 g/mol. The van der Waals surface area contributed by atoms with Crippen LogP contribution in [-0.2, 0) is 14.3 Å². The Kier molecular flexibility index (Phi) is 6.72. The Balaban J connectivity index is 1.31. The Bertz CT molecular complexity index is 1080. The van der Waals surface area contributed by atoms with E-state index in [0.29, 0.717) is 19.3 Å². The molecule has 0 aliphatic heterocycles. The summed E-state index contributed by atoms with van der Waals surface area (Å²) in [7, 11) is 0. The summed E-state index contributed by atoms with van der Waals surface area (Å²) in [5.41, 5.74) is 3.30. The van der Waals surface area contributed by atoms with E-state index in [1.807, 2.05) is 31.2 Å². The zero-order chi connectivity index (χ0) is 24.3. The molecule has 3 N–H and O–H groups in total. The number of hydrogen-bond donors (Lipinski definition) is 3. The first-order chi connectivity index (χ1) is 16.3. The molecule has 0 radical (unpaired) electrons. The van der Waals surface area contributed by atoms with Crippen LogP contribution in [0.4, 0.5) is 4.79 Å². The Hall–Kier alpha value is -3.61. The van der Waals surface area contributed by atoms with E-state index < -0.39 is 23.5 Å². The summed E-state index contributed by atoms with van der Waals surface area (Å²) in [6, 6.07) is 15.9. The number of nitrogens with one attached hydrogen (secondary N) is 2. The molecule has 2 amide bonds. The summed E-state index contributed by atoms with van der Waals surface area (Å²) < 4.78 is 5.58. The predicted octanol–water partition coefficient (Wildman–Crippen LogP) is 4.23. The summed E-state index contributed by atoms with van der Waals surface area (Å²) in [5, 5.41) is 15.0. The zero-order valence-electron chi connectivity index (χ0n) is 19.4. The standard InChI is InChI=1S/C27H30N2O5/c1-3-14-27(2,25(31)32)29-24(30)17-12-13-18(15-17)28-26(33)34-16-23-21-10-6-4-8-19(21)20-9-5-7-11-22(20)23/h4-13,17-18,23H,3,14-16H2,1-2H3,(H,28,33)(H,29,30)(H,31,32). The van der Waals surface area contributed by atoms with E-state index in [4.69, 9.17) is 4.74 Å². The van der Waals surface area contributed by atoms with Gasteiger partial charge >= 0.3 is 12.1 Å². The molecule has 3 atom stereocenters. The highest BCUT2D eigenvalue weighted by molar-refractivity contribution is 5.89. The molecule has 0 fully saturated rings. The number of carboxylic acids is 1. The Labute approximate surface area is 199 Å². The molecule has 0 bridgehead atoms. The first-order valence-electron chi connectivity index (χ1n) is 11.7. The van der Waals surface area contributed by atoms with Crippen LogP contribution in [0.3, 0.4) is 0 Å². The quantitative estimate of drug-likeness (QED) is 0.509. The first kappa shape index (κ1) is 23.5. The minimum atomic E-state index is -1.31. The number of hydrogen-bond acceptors (Lipinski definition) is 4. The topological polar surface area (TPSA) is 105 Å². The third-order valence-corrected chi connectivity index (χ3v) is 6.69. The van der Waals surface area contributed by atoms with Crippen molar-refractivity contribution in [2.24, 2.45) is 5.92 Å². The van der Waals surface area contributed by atoms with Crippen molar-refractivity contribution in [1.82, 2.24) is 10.6 Å². The molecule has 178 valence electrons. The summed E-state index contributed by atoms with van der Waals surface area (Å²) in [6.45, 7) is 3.60. The van der Waals surface area contributed by atoms with Gasteiger partial charge in [0.1, 0.15) is 12.1 Å². The minimum absolute atomic E-state index is 0.0249. The molecule has 7 heteroatoms. The lowest BCUT2D eigenvalue weighted by molar-refractivity contribution is -0.147. The summed E-state index contributed by atoms with van der Waals surface area (Å²) in [4.78, 5) is 36.7. The summed E-state index contributed by atoms with van der Waals surface area (Å²) >= 11 is 0. The molecule has 4 rings (SSSR count). The molecule has 2 aromatic rings. The molecule has 0 saturated heterocycles. The van der Waals surface area contributed by atoms with Crippen LogP contribution < -0.4 is 10.6 Å². The maximum Gasteiger partial charge on any atom is 0.407 e. The minimum Gasteiger partial charge on any atom is -0.480 e. The van der Waals surface area contributed by atoms with Crippen LogP contribution in [0.15, 0.2) is 60.7 Å². The lowest BCUT2D eigenvalue weighted by Gasteiger charge is -2.27. The van der Waals surface area contributed by atoms with E-state index in [-0.39, 0.29) is 24.5 Å². The van der Waals surface area contributed by atoms with Gasteiger partial charge < -0.3 is 20.5 Å². The number of carboxylic acid groups (broad SMARTS) is 1. The van der Waals surface area contributed by atoms with Crippen molar-refractivity contribution in [2.45, 2.75) is 50.6 Å². The van der Waals surface area contributed by atoms with Gasteiger partial charge in [0.05, 0.1) is 12.0 Å². The zero-order valence-corrected chi connectivity index (χ0v) is 19.4. The van der Waals surface area contributed by atoms with E-state index in [1.165, 1.54) is 6.92 Å². The molecule has 0 heterocycles. The second kappa shape index (κ2) is 9.71. The molecule has 34 heavy (non-hydrogen) atoms. The van der Waals surface area contributed by atoms with Crippen LogP contribution in [0.1, 0.15) is 50.2 Å². The average molecular weight is 463 g/mol. The average Bonchev–Trinajstić information content (AvgIpc) is 3.40. The second-order valence-corrected chi connectivity index (χ2v) is 9.18. The molecule has 0 saturated carbocycles. The van der Waals surface area contributed by atoms with Gasteiger partial charge in [0.25, 0.3) is 0 Å². The molecular formula is C27H30N2O5. The molecule has 2 aliphatic carbocycles. The molecule has 0 aromatic heterocycles. The van der Waals surface area contributed by atoms with Gasteiger partial charge in [-0.2, -0.15) is 0 Å². The van der Waals surface area contributed by atoms with E-state index in [9.17, 15) is 19.5 Å². The maximum atomic E-state index is 12.6. The van der Waals surface area contributed by atoms with Gasteiger partial charge in [-0.25, -0.2) is 9.59 Å². The van der Waals surface area contributed by atoms with Crippen molar-refractivity contribution in [3.05, 3.63) is 71.8 Å². The highest BCUT2D eigenvalue weighted by Crippen LogP contribution is 2.44. The molecule has 2 aromatic carbocycles. The fraction of sp³-hybridized carbons (Fsp3) is 0.370. The van der Waals surface area contributed by atoms with E-state index in [0.717, 1.165) is 22.3 Å². The van der Waals surface area contributed by atoms with Gasteiger partial charge in [0.2, 0.25) is 5.91 Å². The largest absolute Gasteiger partial charge is 0.480 e. The van der Waals surface area contributed by atoms with Crippen LogP contribution >= 0.6 is 0 Å². The molecule has 2 aliphatic rings. The number of alkyl carbamates (subject to hydrolysis) is 1. The van der Waals surface area contributed by atoms with Gasteiger partial charge in [-0.3, -0.25) is 4.79 Å². The first-order valence-corrected chi connectivity index (χ1v) is 11.7. The lowest BCUT2D eigenvalue weighted by Crippen LogP contribution is -2.53. The van der Waals surface area contributed by atoms with Crippen molar-refractivity contribution in [2.75, 3.05) is 6.61 Å². The third-order valence-electron chi connectivity index (χ3n) is 6.69. The van der Waals surface area contributed by atoms with Crippen LogP contribution in [0.25, 0.3) is 11.1 Å². The number of carbonyl (C=O) groups excluding carboxylic acids is 2. The van der Waals surface area contributed by atoms with Crippen molar-refractivity contribution in [3.8, 4) is 11.1 Å². The highest BCUT2D eigenvalue weighted by atomic mass is 16.5. The summed E-state index contributed by atoms with van der Waals surface area (Å²) in [5.74, 6) is -1.94. The molecule has 0 spiro atoms. The van der Waals surface area contributed by atoms with Crippen LogP contribution in [0.5, 0.6) is 0 Å². The Morgan fingerprint density at radius 2 is 1.65 bits per heavy atom. The summed E-state index contributed by atoms with van der Waals surface area (Å²) in [6.07, 6.45) is 4.25. The number of ether oxygens (including phenoxy) is 1. The molecule has 3 unspecified atom stereocenters. The number of fused-ring (bicyclic) bond motifs is 3. The lowest BCUT2D eigenvalue weighted by atomic mass is 9.94. The van der Waals surface area contributed by atoms with Crippen LogP contribution in [0.2, 0.25) is 0 Å². The Morgan fingerprint density at radius 3 is 2.24 bits per heavy atom. The number of benzene rings is 2. The molecule has 7 nitrogen and oxygen atoms in total. The van der Waals surface area contributed by atoms with Crippen molar-refractivity contribution in [1.29, 1.82) is 0 Å². The number of carbonyl (C=O) groups is 3. The van der Waals surface area contributed by atoms with Crippen molar-refractivity contribution in [3.63, 3.8) is 0 Å². The predicted molar refractivity (Wildman–Crippen MR) is 128 cm³/mol. The van der Waals surface area contributed by atoms with Gasteiger partial charge in [-0.1, -0.05) is 74.0 Å². The fourth-order valence-corrected chi connectivity index (χ4v) is 4.88. The Morgan fingerprint density at radius 1 is 1.03 bits per heavy atom. The van der Waals surface area contributed by atoms with Gasteiger partial charge in [0, 0.05) is 5.92 Å². The highest BCUT2D eigenvalue weighted by Gasteiger charge is 2.37. The molecular weight excluding hydrogens is 432 g/mol. The van der Waals surface area contributed by atoms with E-state index >= 15 is 0 Å². The normalized spacial score (nSPS) is 20.2. The van der Waals surface area contributed by atoms with E-state index in [2.05, 4.69) is 34.9 Å². The smallest absolute Gasteiger partial charge is 0.407 e. The number of aliphatic carboxylic acids is 1. The van der Waals surface area contributed by atoms with Gasteiger partial charge in [-0.05, 0) is 42.0 Å².